The van der Waals surface area contributed by atoms with Crippen LogP contribution in [0.5, 0.6) is 0 Å². The molecule has 0 saturated heterocycles. The van der Waals surface area contributed by atoms with Crippen LogP contribution in [0.3, 0.4) is 0 Å². The summed E-state index contributed by atoms with van der Waals surface area (Å²) >= 11 is 0. The van der Waals surface area contributed by atoms with Crippen molar-refractivity contribution in [2.24, 2.45) is 5.14 Å². The van der Waals surface area contributed by atoms with Gasteiger partial charge in [-0.1, -0.05) is 0 Å². The molecule has 0 spiro atoms. The van der Waals surface area contributed by atoms with Gasteiger partial charge < -0.3 is 5.11 Å². The average molecular weight is 167 g/mol. The quantitative estimate of drug-likeness (QED) is 0.571. The fourth-order valence-electron chi connectivity index (χ4n) is 0.362. The summed E-state index contributed by atoms with van der Waals surface area (Å²) in [4.78, 5) is 9.94. The van der Waals surface area contributed by atoms with E-state index in [1.807, 2.05) is 0 Å². The summed E-state index contributed by atoms with van der Waals surface area (Å²) in [7, 11) is -3.68. The van der Waals surface area contributed by atoms with Gasteiger partial charge in [-0.3, -0.25) is 4.79 Å². The number of sulfonamides is 1. The topological polar surface area (TPSA) is 97.5 Å². The van der Waals surface area contributed by atoms with Gasteiger partial charge in [-0.05, 0) is 6.92 Å². The van der Waals surface area contributed by atoms with Gasteiger partial charge in [-0.2, -0.15) is 0 Å². The molecule has 0 saturated carbocycles. The van der Waals surface area contributed by atoms with E-state index in [4.69, 9.17) is 5.11 Å². The first-order valence-corrected chi connectivity index (χ1v) is 4.18. The molecule has 0 fully saturated rings. The second-order valence-corrected chi connectivity index (χ2v) is 3.98. The molecule has 1 unspecified atom stereocenters. The molecule has 60 valence electrons. The molecular formula is C4H9NO4S. The summed E-state index contributed by atoms with van der Waals surface area (Å²) in [6.45, 7) is 1.25. The van der Waals surface area contributed by atoms with E-state index in [0.29, 0.717) is 0 Å². The first-order chi connectivity index (χ1) is 4.34. The van der Waals surface area contributed by atoms with E-state index >= 15 is 0 Å². The van der Waals surface area contributed by atoms with E-state index in [9.17, 15) is 13.2 Å². The van der Waals surface area contributed by atoms with E-state index in [0.717, 1.165) is 0 Å². The zero-order valence-electron chi connectivity index (χ0n) is 5.44. The number of hydrogen-bond donors (Lipinski definition) is 2. The molecule has 0 aliphatic heterocycles. The Hall–Kier alpha value is -0.620. The van der Waals surface area contributed by atoms with Crippen LogP contribution in [0.25, 0.3) is 0 Å². The van der Waals surface area contributed by atoms with Crippen LogP contribution in [0.15, 0.2) is 0 Å². The molecule has 0 heterocycles. The predicted molar refractivity (Wildman–Crippen MR) is 34.8 cm³/mol. The molecule has 0 bridgehead atoms. The Bertz CT molecular complexity index is 219. The van der Waals surface area contributed by atoms with Crippen molar-refractivity contribution >= 4 is 16.0 Å². The minimum Gasteiger partial charge on any atom is -0.481 e. The normalized spacial score (nSPS) is 14.6. The highest BCUT2D eigenvalue weighted by Gasteiger charge is 2.18. The molecule has 6 heteroatoms. The molecule has 0 aromatic carbocycles. The predicted octanol–water partition coefficient (Wildman–Crippen LogP) is -0.862. The van der Waals surface area contributed by atoms with E-state index in [2.05, 4.69) is 5.14 Å². The zero-order chi connectivity index (χ0) is 8.36. The van der Waals surface area contributed by atoms with Crippen molar-refractivity contribution in [1.82, 2.24) is 0 Å². The monoisotopic (exact) mass is 167 g/mol. The van der Waals surface area contributed by atoms with Crippen molar-refractivity contribution in [3.8, 4) is 0 Å². The smallest absolute Gasteiger partial charge is 0.304 e. The highest BCUT2D eigenvalue weighted by Crippen LogP contribution is 1.99. The third kappa shape index (κ3) is 3.41. The summed E-state index contributed by atoms with van der Waals surface area (Å²) in [6.07, 6.45) is -0.446. The standard InChI is InChI=1S/C4H9NO4S/c1-3(2-4(6)7)10(5,8)9/h3H,2H2,1H3,(H,6,7)(H2,5,8,9). The van der Waals surface area contributed by atoms with Crippen molar-refractivity contribution < 1.29 is 18.3 Å². The minimum absolute atomic E-state index is 0.446. The van der Waals surface area contributed by atoms with Crippen LogP contribution in [-0.2, 0) is 14.8 Å². The van der Waals surface area contributed by atoms with Crippen molar-refractivity contribution in [3.63, 3.8) is 0 Å². The Kier molecular flexibility index (Phi) is 2.79. The second-order valence-electron chi connectivity index (χ2n) is 2.00. The van der Waals surface area contributed by atoms with Gasteiger partial charge in [-0.15, -0.1) is 0 Å². The zero-order valence-corrected chi connectivity index (χ0v) is 6.26. The van der Waals surface area contributed by atoms with Gasteiger partial charge in [0, 0.05) is 0 Å². The highest BCUT2D eigenvalue weighted by molar-refractivity contribution is 7.89. The average Bonchev–Trinajstić information content (AvgIpc) is 1.60. The van der Waals surface area contributed by atoms with Crippen LogP contribution < -0.4 is 5.14 Å². The lowest BCUT2D eigenvalue weighted by molar-refractivity contribution is -0.136. The molecule has 0 aromatic heterocycles. The third-order valence-electron chi connectivity index (χ3n) is 1.02. The summed E-state index contributed by atoms with van der Waals surface area (Å²) in [5.74, 6) is -1.17. The minimum atomic E-state index is -3.68. The van der Waals surface area contributed by atoms with E-state index in [-0.39, 0.29) is 0 Å². The number of primary sulfonamides is 1. The largest absolute Gasteiger partial charge is 0.481 e. The third-order valence-corrected chi connectivity index (χ3v) is 2.31. The Morgan fingerprint density at radius 3 is 2.20 bits per heavy atom. The lowest BCUT2D eigenvalue weighted by Gasteiger charge is -2.03. The molecule has 0 rings (SSSR count). The van der Waals surface area contributed by atoms with Gasteiger partial charge >= 0.3 is 5.97 Å². The van der Waals surface area contributed by atoms with Gasteiger partial charge in [0.05, 0.1) is 11.7 Å². The molecule has 0 radical (unpaired) electrons. The van der Waals surface area contributed by atoms with Crippen molar-refractivity contribution in [3.05, 3.63) is 0 Å². The fraction of sp³-hybridized carbons (Fsp3) is 0.750. The molecule has 0 amide bonds. The number of nitrogens with two attached hydrogens (primary N) is 1. The first-order valence-electron chi connectivity index (χ1n) is 2.57. The molecular weight excluding hydrogens is 158 g/mol. The maximum absolute atomic E-state index is 10.4. The SMILES string of the molecule is CC(CC(=O)O)S(N)(=O)=O. The van der Waals surface area contributed by atoms with Gasteiger partial charge in [0.15, 0.2) is 0 Å². The Morgan fingerprint density at radius 2 is 2.10 bits per heavy atom. The van der Waals surface area contributed by atoms with Crippen LogP contribution in [0, 0.1) is 0 Å². The van der Waals surface area contributed by atoms with Crippen LogP contribution in [0.1, 0.15) is 13.3 Å². The van der Waals surface area contributed by atoms with Crippen molar-refractivity contribution in [2.45, 2.75) is 18.6 Å². The molecule has 5 nitrogen and oxygen atoms in total. The number of carbonyl (C=O) groups is 1. The molecule has 3 N–H and O–H groups in total. The summed E-state index contributed by atoms with van der Waals surface area (Å²) in [6, 6.07) is 0. The molecule has 0 aromatic rings. The first kappa shape index (κ1) is 9.38. The van der Waals surface area contributed by atoms with Gasteiger partial charge in [-0.25, -0.2) is 13.6 Å². The number of rotatable bonds is 3. The van der Waals surface area contributed by atoms with Crippen LogP contribution in [0.2, 0.25) is 0 Å². The number of hydrogen-bond acceptors (Lipinski definition) is 3. The van der Waals surface area contributed by atoms with Crippen molar-refractivity contribution in [1.29, 1.82) is 0 Å². The number of carboxylic acids is 1. The van der Waals surface area contributed by atoms with Crippen LogP contribution in [0.4, 0.5) is 0 Å². The Balaban J connectivity index is 4.12. The van der Waals surface area contributed by atoms with E-state index in [1.165, 1.54) is 6.92 Å². The Morgan fingerprint density at radius 1 is 1.70 bits per heavy atom. The van der Waals surface area contributed by atoms with Crippen LogP contribution >= 0.6 is 0 Å². The maximum atomic E-state index is 10.4. The van der Waals surface area contributed by atoms with Crippen molar-refractivity contribution in [2.75, 3.05) is 0 Å². The number of carboxylic acid groups (broad SMARTS) is 1. The van der Waals surface area contributed by atoms with Crippen LogP contribution in [-0.4, -0.2) is 24.7 Å². The molecule has 10 heavy (non-hydrogen) atoms. The van der Waals surface area contributed by atoms with Gasteiger partial charge in [0.1, 0.15) is 0 Å². The lowest BCUT2D eigenvalue weighted by Crippen LogP contribution is -2.27. The Labute approximate surface area is 58.9 Å². The molecule has 0 aliphatic carbocycles. The van der Waals surface area contributed by atoms with E-state index < -0.39 is 27.7 Å². The number of aliphatic carboxylic acids is 1. The second kappa shape index (κ2) is 2.98. The maximum Gasteiger partial charge on any atom is 0.304 e. The van der Waals surface area contributed by atoms with E-state index in [1.54, 1.807) is 0 Å². The fourth-order valence-corrected chi connectivity index (χ4v) is 0.737. The lowest BCUT2D eigenvalue weighted by atomic mass is 10.3. The molecule has 0 aliphatic rings. The highest BCUT2D eigenvalue weighted by atomic mass is 32.2. The summed E-state index contributed by atoms with van der Waals surface area (Å²) < 4.78 is 20.8. The van der Waals surface area contributed by atoms with Gasteiger partial charge in [0.2, 0.25) is 10.0 Å². The summed E-state index contributed by atoms with van der Waals surface area (Å²) in [5.41, 5.74) is 0. The molecule has 1 atom stereocenters. The van der Waals surface area contributed by atoms with Gasteiger partial charge in [0.25, 0.3) is 0 Å². The summed E-state index contributed by atoms with van der Waals surface area (Å²) in [5, 5.41) is 11.8.